The maximum absolute atomic E-state index is 13.8. The van der Waals surface area contributed by atoms with E-state index in [0.717, 1.165) is 12.1 Å². The van der Waals surface area contributed by atoms with Gasteiger partial charge in [0.1, 0.15) is 30.1 Å². The zero-order chi connectivity index (χ0) is 24.7. The molecule has 1 N–H and O–H groups in total. The number of rotatable bonds is 5. The van der Waals surface area contributed by atoms with Crippen LogP contribution in [0.4, 0.5) is 14.6 Å². The van der Waals surface area contributed by atoms with Gasteiger partial charge in [-0.15, -0.1) is 0 Å². The van der Waals surface area contributed by atoms with Crippen molar-refractivity contribution in [2.75, 3.05) is 18.0 Å². The molecule has 2 aliphatic heterocycles. The third kappa shape index (κ3) is 4.56. The van der Waals surface area contributed by atoms with Gasteiger partial charge in [-0.2, -0.15) is 5.26 Å². The van der Waals surface area contributed by atoms with Gasteiger partial charge in [-0.1, -0.05) is 13.0 Å². The molecular formula is C22H20F2N4O5S. The van der Waals surface area contributed by atoms with Crippen LogP contribution in [0.25, 0.3) is 0 Å². The summed E-state index contributed by atoms with van der Waals surface area (Å²) in [6.07, 6.45) is 0.524. The number of benzene rings is 1. The Morgan fingerprint density at radius 2 is 2.00 bits per heavy atom. The minimum Gasteiger partial charge on any atom is -0.455 e. The van der Waals surface area contributed by atoms with Gasteiger partial charge in [-0.25, -0.2) is 27.0 Å². The molecule has 1 saturated heterocycles. The number of amides is 1. The quantitative estimate of drug-likeness (QED) is 0.632. The molecule has 0 atom stereocenters. The fraction of sp³-hybridized carbons (Fsp3) is 0.364. The van der Waals surface area contributed by atoms with Gasteiger partial charge < -0.3 is 9.64 Å². The lowest BCUT2D eigenvalue weighted by Gasteiger charge is -2.38. The Balaban J connectivity index is 1.44. The van der Waals surface area contributed by atoms with Gasteiger partial charge in [0.25, 0.3) is 0 Å². The predicted octanol–water partition coefficient (Wildman–Crippen LogP) is 2.15. The van der Waals surface area contributed by atoms with Crippen LogP contribution in [-0.4, -0.2) is 38.4 Å². The standard InChI is InChI=1S/C22H20F2N4O5S/c1-22(21(30)27-34(31,32)12-13-2-3-15(23)9-17(13)24)4-6-28(7-5-22)19-14(10-25)8-16-18(26-19)11-33-20(16)29/h2-3,8-9H,4-7,11-12H2,1H3,(H,27,30). The van der Waals surface area contributed by atoms with Gasteiger partial charge in [-0.3, -0.25) is 9.52 Å². The number of sulfonamides is 1. The molecule has 2 aliphatic rings. The molecule has 1 aromatic carbocycles. The summed E-state index contributed by atoms with van der Waals surface area (Å²) in [4.78, 5) is 30.8. The van der Waals surface area contributed by atoms with E-state index in [2.05, 4.69) is 4.98 Å². The van der Waals surface area contributed by atoms with Crippen molar-refractivity contribution in [2.45, 2.75) is 32.1 Å². The number of nitrogens with one attached hydrogen (secondary N) is 1. The maximum Gasteiger partial charge on any atom is 0.340 e. The Labute approximate surface area is 194 Å². The molecule has 2 aromatic rings. The lowest BCUT2D eigenvalue weighted by molar-refractivity contribution is -0.129. The molecule has 178 valence electrons. The third-order valence-electron chi connectivity index (χ3n) is 6.09. The molecular weight excluding hydrogens is 470 g/mol. The average molecular weight is 490 g/mol. The van der Waals surface area contributed by atoms with E-state index in [9.17, 15) is 32.0 Å². The largest absolute Gasteiger partial charge is 0.455 e. The van der Waals surface area contributed by atoms with Crippen LogP contribution < -0.4 is 9.62 Å². The lowest BCUT2D eigenvalue weighted by Crippen LogP contribution is -2.49. The normalized spacial score (nSPS) is 17.0. The van der Waals surface area contributed by atoms with Gasteiger partial charge >= 0.3 is 5.97 Å². The van der Waals surface area contributed by atoms with E-state index in [4.69, 9.17) is 4.74 Å². The minimum absolute atomic E-state index is 0.0212. The highest BCUT2D eigenvalue weighted by molar-refractivity contribution is 7.89. The monoisotopic (exact) mass is 490 g/mol. The summed E-state index contributed by atoms with van der Waals surface area (Å²) in [5, 5.41) is 9.49. The molecule has 12 heteroatoms. The van der Waals surface area contributed by atoms with Crippen molar-refractivity contribution in [2.24, 2.45) is 5.41 Å². The third-order valence-corrected chi connectivity index (χ3v) is 7.27. The number of esters is 1. The zero-order valence-electron chi connectivity index (χ0n) is 18.1. The summed E-state index contributed by atoms with van der Waals surface area (Å²) in [5.41, 5.74) is -0.396. The number of hydrogen-bond donors (Lipinski definition) is 1. The van der Waals surface area contributed by atoms with Crippen LogP contribution in [-0.2, 0) is 31.9 Å². The molecule has 3 heterocycles. The molecule has 34 heavy (non-hydrogen) atoms. The van der Waals surface area contributed by atoms with Crippen LogP contribution in [0, 0.1) is 28.4 Å². The van der Waals surface area contributed by atoms with Crippen molar-refractivity contribution in [3.8, 4) is 6.07 Å². The Bertz CT molecular complexity index is 1330. The van der Waals surface area contributed by atoms with Gasteiger partial charge in [0.2, 0.25) is 15.9 Å². The number of cyclic esters (lactones) is 1. The summed E-state index contributed by atoms with van der Waals surface area (Å²) < 4.78 is 58.8. The highest BCUT2D eigenvalue weighted by Crippen LogP contribution is 2.35. The molecule has 9 nitrogen and oxygen atoms in total. The first-order valence-corrected chi connectivity index (χ1v) is 12.0. The van der Waals surface area contributed by atoms with E-state index in [1.54, 1.807) is 11.8 Å². The molecule has 0 aliphatic carbocycles. The van der Waals surface area contributed by atoms with Crippen LogP contribution in [0.1, 0.15) is 46.9 Å². The number of piperidine rings is 1. The molecule has 1 amide bonds. The van der Waals surface area contributed by atoms with Crippen LogP contribution in [0.3, 0.4) is 0 Å². The first-order valence-electron chi connectivity index (χ1n) is 10.4. The molecule has 0 spiro atoms. The second-order valence-electron chi connectivity index (χ2n) is 8.52. The van der Waals surface area contributed by atoms with Crippen molar-refractivity contribution in [1.82, 2.24) is 9.71 Å². The summed E-state index contributed by atoms with van der Waals surface area (Å²) in [5.74, 6) is -3.54. The minimum atomic E-state index is -4.22. The van der Waals surface area contributed by atoms with Gasteiger partial charge in [-0.05, 0) is 25.0 Å². The van der Waals surface area contributed by atoms with Crippen molar-refractivity contribution < 1.29 is 31.5 Å². The van der Waals surface area contributed by atoms with E-state index in [1.165, 1.54) is 6.07 Å². The number of fused-ring (bicyclic) bond motifs is 1. The molecule has 0 bridgehead atoms. The Hall–Kier alpha value is -3.59. The summed E-state index contributed by atoms with van der Waals surface area (Å²) >= 11 is 0. The Morgan fingerprint density at radius 1 is 1.29 bits per heavy atom. The maximum atomic E-state index is 13.8. The number of hydrogen-bond acceptors (Lipinski definition) is 8. The molecule has 1 fully saturated rings. The fourth-order valence-electron chi connectivity index (χ4n) is 3.95. The van der Waals surface area contributed by atoms with E-state index in [1.807, 2.05) is 10.8 Å². The number of carbonyl (C=O) groups excluding carboxylic acids is 2. The second kappa shape index (κ2) is 8.64. The topological polar surface area (TPSA) is 129 Å². The van der Waals surface area contributed by atoms with Gasteiger partial charge in [0.05, 0.1) is 28.0 Å². The van der Waals surface area contributed by atoms with Crippen molar-refractivity contribution in [3.05, 3.63) is 58.3 Å². The van der Waals surface area contributed by atoms with Crippen LogP contribution >= 0.6 is 0 Å². The zero-order valence-corrected chi connectivity index (χ0v) is 18.9. The van der Waals surface area contributed by atoms with E-state index < -0.39 is 44.7 Å². The second-order valence-corrected chi connectivity index (χ2v) is 10.2. The first-order chi connectivity index (χ1) is 16.0. The summed E-state index contributed by atoms with van der Waals surface area (Å²) in [6.45, 7) is 2.27. The number of aromatic nitrogens is 1. The SMILES string of the molecule is CC1(C(=O)NS(=O)(=O)Cc2ccc(F)cc2F)CCN(c2nc3c(cc2C#N)C(=O)OC3)CC1. The number of anilines is 1. The number of ether oxygens (including phenoxy) is 1. The smallest absolute Gasteiger partial charge is 0.340 e. The van der Waals surface area contributed by atoms with Crippen molar-refractivity contribution in [1.29, 1.82) is 5.26 Å². The molecule has 4 rings (SSSR count). The van der Waals surface area contributed by atoms with Crippen LogP contribution in [0.2, 0.25) is 0 Å². The molecule has 0 radical (unpaired) electrons. The van der Waals surface area contributed by atoms with Gasteiger partial charge in [0.15, 0.2) is 0 Å². The van der Waals surface area contributed by atoms with Crippen molar-refractivity contribution >= 4 is 27.7 Å². The van der Waals surface area contributed by atoms with Gasteiger partial charge in [0, 0.05) is 24.7 Å². The lowest BCUT2D eigenvalue weighted by atomic mass is 9.79. The van der Waals surface area contributed by atoms with Crippen molar-refractivity contribution in [3.63, 3.8) is 0 Å². The van der Waals surface area contributed by atoms with E-state index in [-0.39, 0.29) is 36.1 Å². The number of pyridine rings is 1. The fourth-order valence-corrected chi connectivity index (χ4v) is 5.19. The summed E-state index contributed by atoms with van der Waals surface area (Å²) in [6, 6.07) is 6.00. The number of nitriles is 1. The highest BCUT2D eigenvalue weighted by Gasteiger charge is 2.40. The van der Waals surface area contributed by atoms with E-state index >= 15 is 0 Å². The molecule has 1 aromatic heterocycles. The highest BCUT2D eigenvalue weighted by atomic mass is 32.2. The number of nitrogens with zero attached hydrogens (tertiary/aromatic N) is 3. The van der Waals surface area contributed by atoms with Crippen LogP contribution in [0.15, 0.2) is 24.3 Å². The Morgan fingerprint density at radius 3 is 2.65 bits per heavy atom. The van der Waals surface area contributed by atoms with Crippen LogP contribution in [0.5, 0.6) is 0 Å². The van der Waals surface area contributed by atoms with E-state index in [0.29, 0.717) is 30.7 Å². The molecule has 0 saturated carbocycles. The first kappa shape index (κ1) is 23.6. The number of carbonyl (C=O) groups is 2. The molecule has 0 unspecified atom stereocenters. The average Bonchev–Trinajstić information content (AvgIpc) is 3.14. The number of halogens is 2. The summed E-state index contributed by atoms with van der Waals surface area (Å²) in [7, 11) is -4.22. The Kier molecular flexibility index (Phi) is 5.99. The predicted molar refractivity (Wildman–Crippen MR) is 115 cm³/mol.